The zero-order valence-electron chi connectivity index (χ0n) is 11.2. The van der Waals surface area contributed by atoms with Crippen molar-refractivity contribution < 1.29 is 74.6 Å². The first-order chi connectivity index (χ1) is 10.8. The SMILES string of the molecule is FC(F)(F)C(F)(F)C(F)(F)C(F)(F)C(F)(F)C(F)(F)C(F)(F)C(F)(F)I.I. The van der Waals surface area contributed by atoms with Crippen molar-refractivity contribution in [2.45, 2.75) is 45.6 Å². The smallest absolute Gasteiger partial charge is 0.192 e. The zero-order chi connectivity index (χ0) is 22.0. The highest BCUT2D eigenvalue weighted by molar-refractivity contribution is 14.1. The van der Waals surface area contributed by atoms with Gasteiger partial charge in [-0.05, 0) is 0 Å². The van der Waals surface area contributed by atoms with Gasteiger partial charge in [-0.3, -0.25) is 0 Å². The first-order valence-electron chi connectivity index (χ1n) is 5.15. The van der Waals surface area contributed by atoms with Crippen LogP contribution >= 0.6 is 46.6 Å². The van der Waals surface area contributed by atoms with Crippen molar-refractivity contribution in [1.82, 2.24) is 0 Å². The lowest BCUT2D eigenvalue weighted by atomic mass is 9.91. The van der Waals surface area contributed by atoms with Gasteiger partial charge in [0, 0.05) is 22.6 Å². The molecule has 0 fully saturated rings. The fourth-order valence-corrected chi connectivity index (χ4v) is 1.48. The van der Waals surface area contributed by atoms with Gasteiger partial charge in [0.05, 0.1) is 0 Å². The first kappa shape index (κ1) is 29.5. The molecule has 0 bridgehead atoms. The highest BCUT2D eigenvalue weighted by atomic mass is 127. The number of hydrogen-bond acceptors (Lipinski definition) is 0. The van der Waals surface area contributed by atoms with E-state index in [1.54, 1.807) is 0 Å². The molecule has 27 heavy (non-hydrogen) atoms. The highest BCUT2D eigenvalue weighted by Gasteiger charge is 2.95. The van der Waals surface area contributed by atoms with Crippen LogP contribution in [0.4, 0.5) is 74.6 Å². The van der Waals surface area contributed by atoms with Crippen LogP contribution in [-0.2, 0) is 0 Å². The Kier molecular flexibility index (Phi) is 7.86. The molecule has 0 nitrogen and oxygen atoms in total. The maximum atomic E-state index is 12.9. The quantitative estimate of drug-likeness (QED) is 0.162. The lowest BCUT2D eigenvalue weighted by molar-refractivity contribution is -0.457. The van der Waals surface area contributed by atoms with Gasteiger partial charge in [-0.25, -0.2) is 0 Å². The topological polar surface area (TPSA) is 0 Å². The van der Waals surface area contributed by atoms with Crippen LogP contribution in [-0.4, -0.2) is 45.6 Å². The van der Waals surface area contributed by atoms with Crippen LogP contribution in [0.2, 0.25) is 0 Å². The van der Waals surface area contributed by atoms with E-state index in [0.29, 0.717) is 0 Å². The van der Waals surface area contributed by atoms with Gasteiger partial charge in [0.25, 0.3) is 0 Å². The van der Waals surface area contributed by atoms with Gasteiger partial charge in [0.15, 0.2) is 0 Å². The van der Waals surface area contributed by atoms with Gasteiger partial charge in [-0.2, -0.15) is 74.6 Å². The standard InChI is InChI=1S/C8F17I.HI/c9-1(10,3(13,14)5(17,18)7(21,22)23)2(11,12)4(15,16)6(19,20)8(24,25)26;/h;1H. The molecule has 0 aromatic rings. The van der Waals surface area contributed by atoms with Crippen molar-refractivity contribution in [3.05, 3.63) is 0 Å². The van der Waals surface area contributed by atoms with Crippen molar-refractivity contribution in [2.24, 2.45) is 0 Å². The van der Waals surface area contributed by atoms with Crippen LogP contribution in [0.1, 0.15) is 0 Å². The minimum atomic E-state index is -8.56. The van der Waals surface area contributed by atoms with E-state index in [1.807, 2.05) is 0 Å². The molecule has 0 unspecified atom stereocenters. The Morgan fingerprint density at radius 2 is 0.519 bits per heavy atom. The van der Waals surface area contributed by atoms with Gasteiger partial charge in [0.2, 0.25) is 0 Å². The molecule has 0 saturated carbocycles. The number of alkyl halides is 18. The monoisotopic (exact) mass is 674 g/mol. The molecular formula is C8HF17I2. The zero-order valence-corrected chi connectivity index (χ0v) is 15.7. The van der Waals surface area contributed by atoms with E-state index in [2.05, 4.69) is 0 Å². The van der Waals surface area contributed by atoms with Crippen LogP contribution in [0.5, 0.6) is 0 Å². The summed E-state index contributed by atoms with van der Waals surface area (Å²) in [6.45, 7) is 0. The minimum absolute atomic E-state index is 0. The van der Waals surface area contributed by atoms with Gasteiger partial charge in [0.1, 0.15) is 0 Å². The molecule has 0 rings (SSSR count). The van der Waals surface area contributed by atoms with E-state index < -0.39 is 68.2 Å². The van der Waals surface area contributed by atoms with Gasteiger partial charge < -0.3 is 0 Å². The highest BCUT2D eigenvalue weighted by Crippen LogP contribution is 2.64. The maximum absolute atomic E-state index is 12.9. The number of hydrogen-bond donors (Lipinski definition) is 0. The summed E-state index contributed by atoms with van der Waals surface area (Å²) in [6, 6.07) is 0. The second-order valence-corrected chi connectivity index (χ2v) is 5.80. The molecule has 0 radical (unpaired) electrons. The van der Waals surface area contributed by atoms with Crippen molar-refractivity contribution in [3.8, 4) is 0 Å². The molecule has 0 spiro atoms. The number of halogens is 19. The maximum Gasteiger partial charge on any atom is 0.460 e. The van der Waals surface area contributed by atoms with Crippen molar-refractivity contribution in [3.63, 3.8) is 0 Å². The first-order valence-corrected chi connectivity index (χ1v) is 6.23. The number of rotatable bonds is 6. The van der Waals surface area contributed by atoms with Crippen molar-refractivity contribution >= 4 is 46.6 Å². The molecule has 0 aliphatic rings. The molecule has 19 heteroatoms. The van der Waals surface area contributed by atoms with E-state index in [4.69, 9.17) is 0 Å². The molecule has 0 amide bonds. The van der Waals surface area contributed by atoms with Crippen molar-refractivity contribution in [1.29, 1.82) is 0 Å². The summed E-state index contributed by atoms with van der Waals surface area (Å²) in [7, 11) is 0. The Morgan fingerprint density at radius 3 is 0.704 bits per heavy atom. The average molecular weight is 674 g/mol. The normalized spacial score (nSPS) is 16.2. The predicted molar refractivity (Wildman–Crippen MR) is 70.1 cm³/mol. The van der Waals surface area contributed by atoms with Crippen LogP contribution in [0.15, 0.2) is 0 Å². The molecule has 0 aromatic carbocycles. The fourth-order valence-electron chi connectivity index (χ4n) is 1.14. The largest absolute Gasteiger partial charge is 0.460 e. The summed E-state index contributed by atoms with van der Waals surface area (Å²) >= 11 is -0.994. The summed E-state index contributed by atoms with van der Waals surface area (Å²) in [5.74, 6) is -49.4. The van der Waals surface area contributed by atoms with Gasteiger partial charge in [-0.1, -0.05) is 0 Å². The van der Waals surface area contributed by atoms with Crippen LogP contribution in [0.25, 0.3) is 0 Å². The molecule has 0 aliphatic heterocycles. The summed E-state index contributed by atoms with van der Waals surface area (Å²) < 4.78 is 206. The minimum Gasteiger partial charge on any atom is -0.192 e. The van der Waals surface area contributed by atoms with Gasteiger partial charge >= 0.3 is 45.6 Å². The van der Waals surface area contributed by atoms with Gasteiger partial charge in [-0.15, -0.1) is 24.0 Å². The second kappa shape index (κ2) is 7.20. The summed E-state index contributed by atoms with van der Waals surface area (Å²) in [5.41, 5.74) is 0. The Labute approximate surface area is 167 Å². The summed E-state index contributed by atoms with van der Waals surface area (Å²) in [5, 5.41) is 0. The Balaban J connectivity index is 0. The Bertz CT molecular complexity index is 478. The Morgan fingerprint density at radius 1 is 0.333 bits per heavy atom. The average Bonchev–Trinajstić information content (AvgIpc) is 2.34. The van der Waals surface area contributed by atoms with Crippen molar-refractivity contribution in [2.75, 3.05) is 0 Å². The van der Waals surface area contributed by atoms with E-state index in [1.165, 1.54) is 0 Å². The summed E-state index contributed by atoms with van der Waals surface area (Å²) in [6.07, 6.45) is -7.74. The second-order valence-electron chi connectivity index (χ2n) is 4.44. The lowest BCUT2D eigenvalue weighted by Crippen LogP contribution is -2.74. The molecule has 0 aromatic heterocycles. The third-order valence-electron chi connectivity index (χ3n) is 2.68. The van der Waals surface area contributed by atoms with E-state index in [0.717, 1.165) is 0 Å². The molecule has 0 atom stereocenters. The van der Waals surface area contributed by atoms with Crippen LogP contribution in [0, 0.1) is 0 Å². The predicted octanol–water partition coefficient (Wildman–Crippen LogP) is 7.01. The molecule has 0 aliphatic carbocycles. The third kappa shape index (κ3) is 3.87. The van der Waals surface area contributed by atoms with E-state index in [-0.39, 0.29) is 24.0 Å². The Hall–Kier alpha value is 0.270. The van der Waals surface area contributed by atoms with Crippen LogP contribution in [0.3, 0.4) is 0 Å². The molecule has 0 heterocycles. The summed E-state index contributed by atoms with van der Waals surface area (Å²) in [4.78, 5) is 0. The molecular weight excluding hydrogens is 673 g/mol. The third-order valence-corrected chi connectivity index (χ3v) is 3.36. The lowest BCUT2D eigenvalue weighted by Gasteiger charge is -2.42. The fraction of sp³-hybridized carbons (Fsp3) is 1.00. The molecule has 0 N–H and O–H groups in total. The van der Waals surface area contributed by atoms with E-state index >= 15 is 0 Å². The molecule has 0 saturated heterocycles. The van der Waals surface area contributed by atoms with Crippen LogP contribution < -0.4 is 0 Å². The molecule has 166 valence electrons. The van der Waals surface area contributed by atoms with E-state index in [9.17, 15) is 74.6 Å².